The zero-order chi connectivity index (χ0) is 22.2. The molecule has 1 aliphatic rings. The van der Waals surface area contributed by atoms with Gasteiger partial charge in [-0.05, 0) is 40.6 Å². The van der Waals surface area contributed by atoms with Crippen LogP contribution in [-0.4, -0.2) is 26.8 Å². The highest BCUT2D eigenvalue weighted by Crippen LogP contribution is 2.41. The van der Waals surface area contributed by atoms with Crippen LogP contribution < -0.4 is 0 Å². The van der Waals surface area contributed by atoms with Crippen molar-refractivity contribution >= 4 is 28.2 Å². The highest BCUT2D eigenvalue weighted by atomic mass is 16.3. The van der Waals surface area contributed by atoms with E-state index in [1.54, 1.807) is 36.4 Å². The third-order valence-electron chi connectivity index (χ3n) is 5.70. The Kier molecular flexibility index (Phi) is 4.75. The number of Topliss-reactive ketones (excluding diaryl/α,β-unsaturated/α-hetero) is 1. The van der Waals surface area contributed by atoms with Gasteiger partial charge in [-0.15, -0.1) is 0 Å². The maximum Gasteiger partial charge on any atom is 0.296 e. The quantitative estimate of drug-likeness (QED) is 0.279. The Morgan fingerprint density at radius 2 is 1.66 bits per heavy atom. The van der Waals surface area contributed by atoms with Crippen molar-refractivity contribution in [3.8, 4) is 5.75 Å². The van der Waals surface area contributed by atoms with Crippen LogP contribution in [0.4, 0.5) is 0 Å². The van der Waals surface area contributed by atoms with Gasteiger partial charge in [-0.25, -0.2) is 0 Å². The van der Waals surface area contributed by atoms with Gasteiger partial charge in [0.15, 0.2) is 0 Å². The summed E-state index contributed by atoms with van der Waals surface area (Å²) >= 11 is 0. The lowest BCUT2D eigenvalue weighted by Crippen LogP contribution is -2.29. The fraction of sp³-hybridized carbons (Fsp3) is 0.0769. The smallest absolute Gasteiger partial charge is 0.296 e. The molecule has 0 radical (unpaired) electrons. The lowest BCUT2D eigenvalue weighted by molar-refractivity contribution is -0.140. The summed E-state index contributed by atoms with van der Waals surface area (Å²) in [6.45, 7) is 0.0649. The number of rotatable bonds is 4. The van der Waals surface area contributed by atoms with E-state index in [0.717, 1.165) is 10.8 Å². The largest absolute Gasteiger partial charge is 0.508 e. The van der Waals surface area contributed by atoms with Crippen LogP contribution >= 0.6 is 0 Å². The van der Waals surface area contributed by atoms with Gasteiger partial charge in [0.25, 0.3) is 11.7 Å². The number of ketones is 1. The lowest BCUT2D eigenvalue weighted by atomic mass is 9.93. The Hall–Kier alpha value is -4.32. The summed E-state index contributed by atoms with van der Waals surface area (Å²) in [6, 6.07) is 21.8. The molecule has 3 aromatic carbocycles. The Bertz CT molecular complexity index is 1350. The zero-order valence-corrected chi connectivity index (χ0v) is 16.9. The number of fused-ring (bicyclic) bond motifs is 1. The maximum atomic E-state index is 13.2. The standard InChI is InChI=1S/C26H19NO5/c28-18-12-10-17(11-13-18)23-22(25(30)26(31)27(23)15-19-7-4-14-32-19)24(29)21-9-3-6-16-5-1-2-8-20(16)21/h1-14,23,28-29H,15H2/b24-22-. The molecule has 0 bridgehead atoms. The van der Waals surface area contributed by atoms with Crippen molar-refractivity contribution in [1.29, 1.82) is 0 Å². The fourth-order valence-electron chi connectivity index (χ4n) is 4.19. The number of nitrogens with zero attached hydrogens (tertiary/aromatic N) is 1. The summed E-state index contributed by atoms with van der Waals surface area (Å²) in [5.41, 5.74) is 1.07. The Balaban J connectivity index is 1.71. The molecule has 158 valence electrons. The molecule has 0 spiro atoms. The van der Waals surface area contributed by atoms with E-state index < -0.39 is 17.7 Å². The molecule has 1 amide bonds. The van der Waals surface area contributed by atoms with Gasteiger partial charge in [-0.1, -0.05) is 54.6 Å². The fourth-order valence-corrected chi connectivity index (χ4v) is 4.19. The molecule has 2 heterocycles. The van der Waals surface area contributed by atoms with Crippen LogP contribution in [0.1, 0.15) is 22.9 Å². The number of furan rings is 1. The van der Waals surface area contributed by atoms with E-state index in [1.807, 2.05) is 30.3 Å². The van der Waals surface area contributed by atoms with Gasteiger partial charge in [0.2, 0.25) is 0 Å². The molecule has 0 saturated carbocycles. The van der Waals surface area contributed by atoms with Gasteiger partial charge in [0.05, 0.1) is 24.4 Å². The van der Waals surface area contributed by atoms with Crippen molar-refractivity contribution in [2.45, 2.75) is 12.6 Å². The monoisotopic (exact) mass is 425 g/mol. The first kappa shape index (κ1) is 19.6. The van der Waals surface area contributed by atoms with Crippen LogP contribution in [0.25, 0.3) is 16.5 Å². The number of carbonyl (C=O) groups is 2. The second-order valence-electron chi connectivity index (χ2n) is 7.62. The van der Waals surface area contributed by atoms with E-state index in [2.05, 4.69) is 0 Å². The minimum absolute atomic E-state index is 0.00333. The number of amides is 1. The predicted molar refractivity (Wildman–Crippen MR) is 119 cm³/mol. The van der Waals surface area contributed by atoms with E-state index in [4.69, 9.17) is 4.42 Å². The van der Waals surface area contributed by atoms with Gasteiger partial charge in [0, 0.05) is 5.56 Å². The number of phenols is 1. The summed E-state index contributed by atoms with van der Waals surface area (Å²) in [4.78, 5) is 27.6. The van der Waals surface area contributed by atoms with Crippen LogP contribution in [-0.2, 0) is 16.1 Å². The van der Waals surface area contributed by atoms with E-state index in [-0.39, 0.29) is 23.6 Å². The molecule has 1 unspecified atom stereocenters. The number of hydrogen-bond acceptors (Lipinski definition) is 5. The molecule has 4 aromatic rings. The molecule has 6 heteroatoms. The highest BCUT2D eigenvalue weighted by molar-refractivity contribution is 6.46. The maximum absolute atomic E-state index is 13.2. The molecule has 0 aliphatic carbocycles. The normalized spacial score (nSPS) is 17.9. The molecular formula is C26H19NO5. The highest BCUT2D eigenvalue weighted by Gasteiger charge is 2.46. The number of aliphatic hydroxyl groups excluding tert-OH is 1. The second kappa shape index (κ2) is 7.74. The van der Waals surface area contributed by atoms with E-state index >= 15 is 0 Å². The van der Waals surface area contributed by atoms with Gasteiger partial charge < -0.3 is 19.5 Å². The molecule has 1 fully saturated rings. The second-order valence-corrected chi connectivity index (χ2v) is 7.62. The molecule has 1 saturated heterocycles. The SMILES string of the molecule is O=C1C(=O)N(Cc2ccco2)C(c2ccc(O)cc2)/C1=C(/O)c1cccc2ccccc12. The van der Waals surface area contributed by atoms with Gasteiger partial charge in [-0.2, -0.15) is 0 Å². The molecule has 6 nitrogen and oxygen atoms in total. The van der Waals surface area contributed by atoms with Crippen molar-refractivity contribution in [2.24, 2.45) is 0 Å². The first-order valence-corrected chi connectivity index (χ1v) is 10.1. The van der Waals surface area contributed by atoms with Crippen LogP contribution in [0.5, 0.6) is 5.75 Å². The Labute approximate surface area is 183 Å². The van der Waals surface area contributed by atoms with Crippen LogP contribution in [0, 0.1) is 0 Å². The number of aliphatic hydroxyl groups is 1. The number of likely N-dealkylation sites (tertiary alicyclic amines) is 1. The lowest BCUT2D eigenvalue weighted by Gasteiger charge is -2.24. The average Bonchev–Trinajstić information content (AvgIpc) is 3.41. The molecule has 1 aromatic heterocycles. The van der Waals surface area contributed by atoms with Gasteiger partial charge in [0.1, 0.15) is 17.3 Å². The minimum Gasteiger partial charge on any atom is -0.508 e. The zero-order valence-electron chi connectivity index (χ0n) is 16.9. The van der Waals surface area contributed by atoms with Crippen molar-refractivity contribution in [3.05, 3.63) is 108 Å². The van der Waals surface area contributed by atoms with Gasteiger partial charge in [-0.3, -0.25) is 9.59 Å². The van der Waals surface area contributed by atoms with Crippen molar-refractivity contribution < 1.29 is 24.2 Å². The summed E-state index contributed by atoms with van der Waals surface area (Å²) < 4.78 is 5.40. The number of carbonyl (C=O) groups excluding carboxylic acids is 2. The molecule has 1 atom stereocenters. The molecule has 2 N–H and O–H groups in total. The van der Waals surface area contributed by atoms with Crippen LogP contribution in [0.15, 0.2) is 95.1 Å². The van der Waals surface area contributed by atoms with Crippen molar-refractivity contribution in [1.82, 2.24) is 4.90 Å². The van der Waals surface area contributed by atoms with E-state index in [1.165, 1.54) is 23.3 Å². The number of hydrogen-bond donors (Lipinski definition) is 2. The number of phenolic OH excluding ortho intramolecular Hbond substituents is 1. The first-order valence-electron chi connectivity index (χ1n) is 10.1. The van der Waals surface area contributed by atoms with E-state index in [9.17, 15) is 19.8 Å². The molecule has 5 rings (SSSR count). The summed E-state index contributed by atoms with van der Waals surface area (Å²) in [6.07, 6.45) is 1.50. The first-order chi connectivity index (χ1) is 15.5. The van der Waals surface area contributed by atoms with Crippen LogP contribution in [0.2, 0.25) is 0 Å². The summed E-state index contributed by atoms with van der Waals surface area (Å²) in [5.74, 6) is -1.15. The molecular weight excluding hydrogens is 406 g/mol. The topological polar surface area (TPSA) is 91.0 Å². The number of benzene rings is 3. The Morgan fingerprint density at radius 1 is 0.906 bits per heavy atom. The molecule has 1 aliphatic heterocycles. The van der Waals surface area contributed by atoms with Crippen LogP contribution in [0.3, 0.4) is 0 Å². The van der Waals surface area contributed by atoms with Crippen molar-refractivity contribution in [3.63, 3.8) is 0 Å². The van der Waals surface area contributed by atoms with E-state index in [0.29, 0.717) is 16.9 Å². The van der Waals surface area contributed by atoms with Gasteiger partial charge >= 0.3 is 0 Å². The van der Waals surface area contributed by atoms with Crippen molar-refractivity contribution in [2.75, 3.05) is 0 Å². The average molecular weight is 425 g/mol. The predicted octanol–water partition coefficient (Wildman–Crippen LogP) is 4.76. The third kappa shape index (κ3) is 3.22. The third-order valence-corrected chi connectivity index (χ3v) is 5.70. The minimum atomic E-state index is -0.834. The Morgan fingerprint density at radius 3 is 2.41 bits per heavy atom. The number of aromatic hydroxyl groups is 1. The summed E-state index contributed by atoms with van der Waals surface area (Å²) in [5, 5.41) is 22.7. The molecule has 32 heavy (non-hydrogen) atoms. The summed E-state index contributed by atoms with van der Waals surface area (Å²) in [7, 11) is 0.